The largest absolute Gasteiger partial charge is 0.444 e. The number of anilines is 1. The third kappa shape index (κ3) is 4.47. The number of H-pyrrole nitrogens is 1. The highest BCUT2D eigenvalue weighted by Crippen LogP contribution is 2.36. The number of alkyl carbamates (subject to hydrolysis) is 1. The SMILES string of the molecule is CNC(=O)c1coc(-c2cnc3[nH]ccc3c2NC2CC(NC(=O)OC(C)(C)C)C2)n1. The summed E-state index contributed by atoms with van der Waals surface area (Å²) in [6.07, 6.45) is 5.89. The average molecular weight is 426 g/mol. The third-order valence-corrected chi connectivity index (χ3v) is 4.99. The quantitative estimate of drug-likeness (QED) is 0.492. The Morgan fingerprint density at radius 2 is 2.03 bits per heavy atom. The van der Waals surface area contributed by atoms with E-state index in [0.29, 0.717) is 11.5 Å². The Kier molecular flexibility index (Phi) is 5.30. The molecule has 0 unspecified atom stereocenters. The smallest absolute Gasteiger partial charge is 0.407 e. The van der Waals surface area contributed by atoms with Crippen LogP contribution in [0.15, 0.2) is 29.1 Å². The van der Waals surface area contributed by atoms with Crippen molar-refractivity contribution in [1.82, 2.24) is 25.6 Å². The Labute approximate surface area is 179 Å². The van der Waals surface area contributed by atoms with Gasteiger partial charge in [0.1, 0.15) is 17.5 Å². The first-order valence-corrected chi connectivity index (χ1v) is 10.1. The van der Waals surface area contributed by atoms with Crippen LogP contribution in [-0.2, 0) is 4.74 Å². The third-order valence-electron chi connectivity index (χ3n) is 4.99. The first kappa shape index (κ1) is 20.7. The number of amides is 2. The summed E-state index contributed by atoms with van der Waals surface area (Å²) < 4.78 is 10.9. The Bertz CT molecular complexity index is 1110. The fourth-order valence-electron chi connectivity index (χ4n) is 3.49. The number of rotatable bonds is 5. The summed E-state index contributed by atoms with van der Waals surface area (Å²) >= 11 is 0. The number of nitrogens with zero attached hydrogens (tertiary/aromatic N) is 2. The van der Waals surface area contributed by atoms with E-state index in [-0.39, 0.29) is 23.7 Å². The van der Waals surface area contributed by atoms with Gasteiger partial charge in [0.2, 0.25) is 5.89 Å². The highest BCUT2D eigenvalue weighted by Gasteiger charge is 2.33. The molecule has 3 aromatic heterocycles. The molecular formula is C21H26N6O4. The molecule has 0 saturated heterocycles. The van der Waals surface area contributed by atoms with Crippen molar-refractivity contribution in [3.63, 3.8) is 0 Å². The number of carbonyl (C=O) groups is 2. The molecule has 10 heteroatoms. The normalized spacial score (nSPS) is 18.3. The van der Waals surface area contributed by atoms with Gasteiger partial charge in [-0.3, -0.25) is 4.79 Å². The summed E-state index contributed by atoms with van der Waals surface area (Å²) in [5.41, 5.74) is 1.87. The molecular weight excluding hydrogens is 400 g/mol. The number of nitrogens with one attached hydrogen (secondary N) is 4. The highest BCUT2D eigenvalue weighted by atomic mass is 16.6. The monoisotopic (exact) mass is 426 g/mol. The van der Waals surface area contributed by atoms with E-state index in [1.165, 1.54) is 13.3 Å². The van der Waals surface area contributed by atoms with Gasteiger partial charge in [0.15, 0.2) is 5.69 Å². The second-order valence-corrected chi connectivity index (χ2v) is 8.56. The van der Waals surface area contributed by atoms with E-state index in [1.54, 1.807) is 6.20 Å². The lowest BCUT2D eigenvalue weighted by Crippen LogP contribution is -2.50. The minimum absolute atomic E-state index is 0.0425. The highest BCUT2D eigenvalue weighted by molar-refractivity contribution is 5.98. The van der Waals surface area contributed by atoms with Gasteiger partial charge in [-0.2, -0.15) is 0 Å². The van der Waals surface area contributed by atoms with Gasteiger partial charge < -0.3 is 30.1 Å². The molecule has 1 fully saturated rings. The molecule has 10 nitrogen and oxygen atoms in total. The predicted molar refractivity (Wildman–Crippen MR) is 115 cm³/mol. The number of hydrogen-bond donors (Lipinski definition) is 4. The first-order valence-electron chi connectivity index (χ1n) is 10.1. The predicted octanol–water partition coefficient (Wildman–Crippen LogP) is 3.05. The van der Waals surface area contributed by atoms with Crippen molar-refractivity contribution in [1.29, 1.82) is 0 Å². The number of aromatic amines is 1. The van der Waals surface area contributed by atoms with Crippen LogP contribution in [0.25, 0.3) is 22.5 Å². The van der Waals surface area contributed by atoms with E-state index in [9.17, 15) is 9.59 Å². The standard InChI is InChI=1S/C21H26N6O4/c1-21(2,3)31-20(29)26-12-7-11(8-12)25-16-13-5-6-23-17(13)24-9-14(16)19-27-15(10-30-19)18(28)22-4/h5-6,9-12H,7-8H2,1-4H3,(H,22,28)(H,26,29)(H2,23,24,25). The summed E-state index contributed by atoms with van der Waals surface area (Å²) in [5, 5.41) is 9.84. The summed E-state index contributed by atoms with van der Waals surface area (Å²) in [4.78, 5) is 35.6. The number of fused-ring (bicyclic) bond motifs is 1. The van der Waals surface area contributed by atoms with Crippen LogP contribution in [0.1, 0.15) is 44.1 Å². The van der Waals surface area contributed by atoms with E-state index >= 15 is 0 Å². The van der Waals surface area contributed by atoms with Crippen molar-refractivity contribution in [3.05, 3.63) is 30.4 Å². The van der Waals surface area contributed by atoms with E-state index < -0.39 is 11.7 Å². The number of aromatic nitrogens is 3. The molecule has 0 atom stereocenters. The molecule has 1 saturated carbocycles. The topological polar surface area (TPSA) is 134 Å². The maximum absolute atomic E-state index is 12.0. The van der Waals surface area contributed by atoms with Gasteiger partial charge in [-0.15, -0.1) is 0 Å². The van der Waals surface area contributed by atoms with E-state index in [2.05, 4.69) is 30.9 Å². The fraction of sp³-hybridized carbons (Fsp3) is 0.429. The minimum atomic E-state index is -0.527. The zero-order valence-corrected chi connectivity index (χ0v) is 17.9. The molecule has 4 rings (SSSR count). The molecule has 3 heterocycles. The van der Waals surface area contributed by atoms with Crippen molar-refractivity contribution in [2.45, 2.75) is 51.3 Å². The molecule has 1 aliphatic carbocycles. The Morgan fingerprint density at radius 1 is 1.26 bits per heavy atom. The van der Waals surface area contributed by atoms with Crippen molar-refractivity contribution >= 4 is 28.7 Å². The van der Waals surface area contributed by atoms with Crippen molar-refractivity contribution < 1.29 is 18.7 Å². The van der Waals surface area contributed by atoms with Gasteiger partial charge >= 0.3 is 6.09 Å². The van der Waals surface area contributed by atoms with Crippen LogP contribution in [-0.4, -0.2) is 51.7 Å². The number of oxazole rings is 1. The minimum Gasteiger partial charge on any atom is -0.444 e. The summed E-state index contributed by atoms with van der Waals surface area (Å²) in [5.74, 6) is -0.0188. The number of hydrogen-bond acceptors (Lipinski definition) is 7. The van der Waals surface area contributed by atoms with Crippen LogP contribution in [0.4, 0.5) is 10.5 Å². The Morgan fingerprint density at radius 3 is 2.74 bits per heavy atom. The van der Waals surface area contributed by atoms with Gasteiger partial charge in [-0.1, -0.05) is 0 Å². The van der Waals surface area contributed by atoms with Gasteiger partial charge in [0, 0.05) is 36.9 Å². The molecule has 1 aliphatic rings. The summed E-state index contributed by atoms with van der Waals surface area (Å²) in [6, 6.07) is 2.11. The van der Waals surface area contributed by atoms with Crippen LogP contribution in [0.2, 0.25) is 0 Å². The first-order chi connectivity index (χ1) is 14.7. The van der Waals surface area contributed by atoms with Crippen LogP contribution < -0.4 is 16.0 Å². The lowest BCUT2D eigenvalue weighted by atomic mass is 9.86. The van der Waals surface area contributed by atoms with Crippen LogP contribution in [0.3, 0.4) is 0 Å². The van der Waals surface area contributed by atoms with E-state index in [1.807, 2.05) is 33.0 Å². The number of pyridine rings is 1. The summed E-state index contributed by atoms with van der Waals surface area (Å²) in [7, 11) is 1.54. The summed E-state index contributed by atoms with van der Waals surface area (Å²) in [6.45, 7) is 5.51. The van der Waals surface area contributed by atoms with Crippen molar-refractivity contribution in [3.8, 4) is 11.5 Å². The maximum Gasteiger partial charge on any atom is 0.407 e. The Hall–Kier alpha value is -3.56. The molecule has 0 aromatic carbocycles. The number of ether oxygens (including phenoxy) is 1. The molecule has 0 radical (unpaired) electrons. The lowest BCUT2D eigenvalue weighted by Gasteiger charge is -2.37. The van der Waals surface area contributed by atoms with Crippen LogP contribution in [0.5, 0.6) is 0 Å². The molecule has 3 aromatic rings. The molecule has 0 aliphatic heterocycles. The molecule has 164 valence electrons. The second-order valence-electron chi connectivity index (χ2n) is 8.56. The molecule has 0 spiro atoms. The van der Waals surface area contributed by atoms with E-state index in [4.69, 9.17) is 9.15 Å². The van der Waals surface area contributed by atoms with E-state index in [0.717, 1.165) is 29.6 Å². The van der Waals surface area contributed by atoms with Crippen molar-refractivity contribution in [2.24, 2.45) is 0 Å². The van der Waals surface area contributed by atoms with Gasteiger partial charge in [-0.25, -0.2) is 14.8 Å². The van der Waals surface area contributed by atoms with Crippen molar-refractivity contribution in [2.75, 3.05) is 12.4 Å². The molecule has 0 bridgehead atoms. The lowest BCUT2D eigenvalue weighted by molar-refractivity contribution is 0.0475. The fourth-order valence-corrected chi connectivity index (χ4v) is 3.49. The second kappa shape index (κ2) is 7.93. The van der Waals surface area contributed by atoms with Gasteiger partial charge in [-0.05, 0) is 39.7 Å². The zero-order valence-electron chi connectivity index (χ0n) is 17.9. The number of carbonyl (C=O) groups excluding carboxylic acids is 2. The van der Waals surface area contributed by atoms with Gasteiger partial charge in [0.25, 0.3) is 5.91 Å². The zero-order chi connectivity index (χ0) is 22.2. The molecule has 2 amide bonds. The molecule has 4 N–H and O–H groups in total. The maximum atomic E-state index is 12.0. The van der Waals surface area contributed by atoms with Crippen LogP contribution >= 0.6 is 0 Å². The average Bonchev–Trinajstić information content (AvgIpc) is 3.33. The Balaban J connectivity index is 1.50. The molecule has 31 heavy (non-hydrogen) atoms. The van der Waals surface area contributed by atoms with Gasteiger partial charge in [0.05, 0.1) is 11.3 Å². The van der Waals surface area contributed by atoms with Crippen LogP contribution in [0, 0.1) is 0 Å².